The van der Waals surface area contributed by atoms with Crippen LogP contribution in [0.15, 0.2) is 18.2 Å². The molecule has 5 N–H and O–H groups in total. The Bertz CT molecular complexity index is 938. The van der Waals surface area contributed by atoms with Gasteiger partial charge in [0.2, 0.25) is 5.95 Å². The first-order valence-corrected chi connectivity index (χ1v) is 9.17. The van der Waals surface area contributed by atoms with Crippen LogP contribution in [0.4, 0.5) is 11.8 Å². The molecule has 7 nitrogen and oxygen atoms in total. The Morgan fingerprint density at radius 2 is 1.92 bits per heavy atom. The maximum atomic E-state index is 5.92. The van der Waals surface area contributed by atoms with Crippen molar-refractivity contribution in [1.29, 1.82) is 0 Å². The number of nitrogen functional groups attached to an aromatic ring is 2. The molecular formula is C19H25N7. The lowest BCUT2D eigenvalue weighted by Gasteiger charge is -2.31. The molecule has 0 unspecified atom stereocenters. The van der Waals surface area contributed by atoms with E-state index in [4.69, 9.17) is 11.5 Å². The topological polar surface area (TPSA) is 110 Å². The van der Waals surface area contributed by atoms with Crippen molar-refractivity contribution >= 4 is 22.9 Å². The zero-order valence-electron chi connectivity index (χ0n) is 15.3. The summed E-state index contributed by atoms with van der Waals surface area (Å²) in [5.41, 5.74) is 16.4. The molecule has 136 valence electrons. The van der Waals surface area contributed by atoms with Gasteiger partial charge in [-0.3, -0.25) is 0 Å². The molecule has 0 bridgehead atoms. The van der Waals surface area contributed by atoms with Crippen LogP contribution in [0.5, 0.6) is 0 Å². The predicted octanol–water partition coefficient (Wildman–Crippen LogP) is 2.69. The Balaban J connectivity index is 1.63. The van der Waals surface area contributed by atoms with Crippen molar-refractivity contribution < 1.29 is 0 Å². The minimum Gasteiger partial charge on any atom is -0.382 e. The van der Waals surface area contributed by atoms with E-state index in [1.165, 1.54) is 37.1 Å². The molecule has 0 amide bonds. The average Bonchev–Trinajstić information content (AvgIpc) is 3.05. The molecular weight excluding hydrogens is 326 g/mol. The van der Waals surface area contributed by atoms with Crippen LogP contribution in [0.3, 0.4) is 0 Å². The summed E-state index contributed by atoms with van der Waals surface area (Å²) in [6, 6.07) is 6.66. The molecule has 3 aromatic rings. The third kappa shape index (κ3) is 2.99. The van der Waals surface area contributed by atoms with Crippen LogP contribution in [0.1, 0.15) is 36.8 Å². The molecule has 1 aromatic carbocycles. The number of aromatic nitrogens is 4. The number of anilines is 2. The molecule has 0 radical (unpaired) electrons. The first-order valence-electron chi connectivity index (χ1n) is 9.17. The molecule has 26 heavy (non-hydrogen) atoms. The van der Waals surface area contributed by atoms with E-state index in [0.717, 1.165) is 17.9 Å². The molecule has 7 heteroatoms. The second kappa shape index (κ2) is 6.57. The van der Waals surface area contributed by atoms with E-state index in [1.54, 1.807) is 0 Å². The van der Waals surface area contributed by atoms with Gasteiger partial charge in [0.05, 0.1) is 0 Å². The summed E-state index contributed by atoms with van der Waals surface area (Å²) in [5.74, 6) is 1.85. The molecule has 1 aliphatic heterocycles. The Labute approximate surface area is 152 Å². The van der Waals surface area contributed by atoms with Crippen molar-refractivity contribution in [2.24, 2.45) is 0 Å². The first kappa shape index (κ1) is 16.8. The fourth-order valence-electron chi connectivity index (χ4n) is 3.85. The number of nitrogens with two attached hydrogens (primary N) is 2. The number of benzene rings is 1. The molecule has 1 fully saturated rings. The summed E-state index contributed by atoms with van der Waals surface area (Å²) >= 11 is 0. The van der Waals surface area contributed by atoms with E-state index in [-0.39, 0.29) is 5.95 Å². The van der Waals surface area contributed by atoms with E-state index >= 15 is 0 Å². The zero-order chi connectivity index (χ0) is 18.3. The standard InChI is InChI=1S/C19H25N7/c1-3-26-8-6-12(7-9-26)13-4-5-14(11(2)10-13)17-22-15-16(20)23-19(21)25-18(15)24-17/h4-5,10,12H,3,6-9H2,1-2H3,(H5,20,21,22,23,24,25). The highest BCUT2D eigenvalue weighted by atomic mass is 15.1. The molecule has 0 saturated carbocycles. The quantitative estimate of drug-likeness (QED) is 0.669. The minimum absolute atomic E-state index is 0.138. The number of rotatable bonds is 3. The number of fused-ring (bicyclic) bond motifs is 1. The van der Waals surface area contributed by atoms with Gasteiger partial charge in [-0.05, 0) is 56.4 Å². The molecule has 3 heterocycles. The third-order valence-electron chi connectivity index (χ3n) is 5.41. The highest BCUT2D eigenvalue weighted by molar-refractivity contribution is 5.85. The van der Waals surface area contributed by atoms with Crippen molar-refractivity contribution in [2.45, 2.75) is 32.6 Å². The van der Waals surface area contributed by atoms with E-state index < -0.39 is 0 Å². The van der Waals surface area contributed by atoms with Gasteiger partial charge in [0.25, 0.3) is 0 Å². The van der Waals surface area contributed by atoms with Crippen LogP contribution in [-0.2, 0) is 0 Å². The first-order chi connectivity index (χ1) is 12.5. The highest BCUT2D eigenvalue weighted by Gasteiger charge is 2.20. The summed E-state index contributed by atoms with van der Waals surface area (Å²) in [5, 5.41) is 0. The Hall–Kier alpha value is -2.67. The van der Waals surface area contributed by atoms with Gasteiger partial charge in [-0.2, -0.15) is 9.97 Å². The van der Waals surface area contributed by atoms with Crippen LogP contribution >= 0.6 is 0 Å². The monoisotopic (exact) mass is 351 g/mol. The third-order valence-corrected chi connectivity index (χ3v) is 5.41. The van der Waals surface area contributed by atoms with Crippen LogP contribution in [0, 0.1) is 6.92 Å². The van der Waals surface area contributed by atoms with Gasteiger partial charge in [-0.25, -0.2) is 4.98 Å². The minimum atomic E-state index is 0.138. The van der Waals surface area contributed by atoms with Crippen LogP contribution in [0.25, 0.3) is 22.6 Å². The number of hydrogen-bond donors (Lipinski definition) is 3. The van der Waals surface area contributed by atoms with Gasteiger partial charge in [0, 0.05) is 5.56 Å². The average molecular weight is 351 g/mol. The van der Waals surface area contributed by atoms with Gasteiger partial charge in [-0.1, -0.05) is 25.1 Å². The number of imidazole rings is 1. The second-order valence-electron chi connectivity index (χ2n) is 7.03. The predicted molar refractivity (Wildman–Crippen MR) is 105 cm³/mol. The molecule has 1 saturated heterocycles. The van der Waals surface area contributed by atoms with Crippen molar-refractivity contribution in [3.05, 3.63) is 29.3 Å². The number of likely N-dealkylation sites (tertiary alicyclic amines) is 1. The molecule has 2 aromatic heterocycles. The SMILES string of the molecule is CCN1CCC(c2ccc(-c3nc4nc(N)nc(N)c4[nH]3)c(C)c2)CC1. The normalized spacial score (nSPS) is 16.4. The number of H-pyrrole nitrogens is 1. The Kier molecular flexibility index (Phi) is 4.24. The van der Waals surface area contributed by atoms with Crippen LogP contribution < -0.4 is 11.5 Å². The number of aryl methyl sites for hydroxylation is 1. The van der Waals surface area contributed by atoms with E-state index in [0.29, 0.717) is 22.9 Å². The largest absolute Gasteiger partial charge is 0.382 e. The lowest BCUT2D eigenvalue weighted by atomic mass is 9.87. The summed E-state index contributed by atoms with van der Waals surface area (Å²) in [4.78, 5) is 18.5. The molecule has 0 spiro atoms. The molecule has 0 aliphatic carbocycles. The Morgan fingerprint density at radius 1 is 1.15 bits per heavy atom. The van der Waals surface area contributed by atoms with Gasteiger partial charge >= 0.3 is 0 Å². The van der Waals surface area contributed by atoms with Gasteiger partial charge in [-0.15, -0.1) is 0 Å². The molecule has 1 aliphatic rings. The number of nitrogens with one attached hydrogen (secondary N) is 1. The fraction of sp³-hybridized carbons (Fsp3) is 0.421. The molecule has 0 atom stereocenters. The molecule has 4 rings (SSSR count). The van der Waals surface area contributed by atoms with Gasteiger partial charge in [0.1, 0.15) is 11.3 Å². The summed E-state index contributed by atoms with van der Waals surface area (Å²) in [6.45, 7) is 7.87. The number of piperidine rings is 1. The summed E-state index contributed by atoms with van der Waals surface area (Å²) < 4.78 is 0. The lowest BCUT2D eigenvalue weighted by Crippen LogP contribution is -2.32. The maximum absolute atomic E-state index is 5.92. The second-order valence-corrected chi connectivity index (χ2v) is 7.03. The van der Waals surface area contributed by atoms with Crippen LogP contribution in [-0.4, -0.2) is 44.5 Å². The van der Waals surface area contributed by atoms with Crippen molar-refractivity contribution in [3.8, 4) is 11.4 Å². The van der Waals surface area contributed by atoms with Gasteiger partial charge in [0.15, 0.2) is 11.5 Å². The summed E-state index contributed by atoms with van der Waals surface area (Å²) in [6.07, 6.45) is 2.45. The number of nitrogens with zero attached hydrogens (tertiary/aromatic N) is 4. The van der Waals surface area contributed by atoms with Crippen molar-refractivity contribution in [1.82, 2.24) is 24.8 Å². The number of aromatic amines is 1. The smallest absolute Gasteiger partial charge is 0.224 e. The Morgan fingerprint density at radius 3 is 2.62 bits per heavy atom. The van der Waals surface area contributed by atoms with Crippen LogP contribution in [0.2, 0.25) is 0 Å². The van der Waals surface area contributed by atoms with E-state index in [9.17, 15) is 0 Å². The van der Waals surface area contributed by atoms with Crippen molar-refractivity contribution in [2.75, 3.05) is 31.1 Å². The zero-order valence-corrected chi connectivity index (χ0v) is 15.3. The van der Waals surface area contributed by atoms with Gasteiger partial charge < -0.3 is 21.4 Å². The summed E-state index contributed by atoms with van der Waals surface area (Å²) in [7, 11) is 0. The highest BCUT2D eigenvalue weighted by Crippen LogP contribution is 2.32. The van der Waals surface area contributed by atoms with E-state index in [1.807, 2.05) is 0 Å². The lowest BCUT2D eigenvalue weighted by molar-refractivity contribution is 0.222. The van der Waals surface area contributed by atoms with Crippen molar-refractivity contribution in [3.63, 3.8) is 0 Å². The van der Waals surface area contributed by atoms with E-state index in [2.05, 4.69) is 56.9 Å². The fourth-order valence-corrected chi connectivity index (χ4v) is 3.85. The number of hydrogen-bond acceptors (Lipinski definition) is 6. The maximum Gasteiger partial charge on any atom is 0.224 e.